The van der Waals surface area contributed by atoms with Gasteiger partial charge in [0.1, 0.15) is 0 Å². The molecule has 3 aliphatic heterocycles. The largest absolute Gasteiger partial charge is 0.329 e. The highest BCUT2D eigenvalue weighted by molar-refractivity contribution is 7.11. The normalized spacial score (nSPS) is 20.9. The zero-order chi connectivity index (χ0) is 19.5. The lowest BCUT2D eigenvalue weighted by Crippen LogP contribution is -2.63. The number of anilines is 3. The molecule has 2 aromatic rings. The molecule has 28 heavy (non-hydrogen) atoms. The number of amides is 3. The number of carbonyl (C=O) groups excluding carboxylic acids is 2. The standard InChI is InChI=1S/C21H24N4O2S/c1-14-18-15(11-28-14)19(26)22-16-5-3-4-6-17(16)25(18)20(27)24-12-21(13-24)7-9-23(2)10-8-21/h3-6,11H,7-10,12-13H2,1-2H3,(H,22,26). The molecule has 1 spiro atoms. The Bertz CT molecular complexity index is 953. The Hall–Kier alpha value is -2.38. The van der Waals surface area contributed by atoms with E-state index in [0.29, 0.717) is 11.3 Å². The monoisotopic (exact) mass is 396 g/mol. The van der Waals surface area contributed by atoms with Gasteiger partial charge in [-0.3, -0.25) is 9.69 Å². The van der Waals surface area contributed by atoms with Crippen LogP contribution in [0.1, 0.15) is 28.1 Å². The lowest BCUT2D eigenvalue weighted by Gasteiger charge is -2.54. The highest BCUT2D eigenvalue weighted by atomic mass is 32.1. The molecule has 146 valence electrons. The van der Waals surface area contributed by atoms with Crippen molar-refractivity contribution in [2.24, 2.45) is 5.41 Å². The topological polar surface area (TPSA) is 55.9 Å². The third-order valence-corrected chi connectivity index (χ3v) is 7.27. The second-order valence-corrected chi connectivity index (χ2v) is 9.39. The third-order valence-electron chi connectivity index (χ3n) is 6.37. The first kappa shape index (κ1) is 17.7. The van der Waals surface area contributed by atoms with E-state index in [-0.39, 0.29) is 17.4 Å². The van der Waals surface area contributed by atoms with Gasteiger partial charge in [0, 0.05) is 28.8 Å². The van der Waals surface area contributed by atoms with Gasteiger partial charge in [-0.05, 0) is 52.0 Å². The smallest absolute Gasteiger partial charge is 0.323 e. The number of rotatable bonds is 0. The number of hydrogen-bond donors (Lipinski definition) is 1. The van der Waals surface area contributed by atoms with Crippen molar-refractivity contribution in [2.75, 3.05) is 43.4 Å². The van der Waals surface area contributed by atoms with Gasteiger partial charge in [0.05, 0.1) is 22.6 Å². The van der Waals surface area contributed by atoms with Gasteiger partial charge in [0.15, 0.2) is 0 Å². The Morgan fingerprint density at radius 1 is 1.18 bits per heavy atom. The van der Waals surface area contributed by atoms with Crippen LogP contribution < -0.4 is 10.2 Å². The SMILES string of the molecule is Cc1scc2c1N(C(=O)N1CC3(CCN(C)CC3)C1)c1ccccc1NC2=O. The van der Waals surface area contributed by atoms with Crippen molar-refractivity contribution < 1.29 is 9.59 Å². The molecule has 0 saturated carbocycles. The Labute approximate surface area is 168 Å². The fourth-order valence-electron chi connectivity index (χ4n) is 4.62. The lowest BCUT2D eigenvalue weighted by molar-refractivity contribution is -0.0140. The molecule has 0 radical (unpaired) electrons. The summed E-state index contributed by atoms with van der Waals surface area (Å²) >= 11 is 1.51. The summed E-state index contributed by atoms with van der Waals surface area (Å²) in [5.74, 6) is -0.155. The molecule has 1 N–H and O–H groups in total. The molecule has 0 atom stereocenters. The van der Waals surface area contributed by atoms with Crippen LogP contribution in [0.3, 0.4) is 0 Å². The van der Waals surface area contributed by atoms with E-state index in [1.54, 1.807) is 4.90 Å². The van der Waals surface area contributed by atoms with E-state index in [2.05, 4.69) is 17.3 Å². The highest BCUT2D eigenvalue weighted by Crippen LogP contribution is 2.46. The predicted octanol–water partition coefficient (Wildman–Crippen LogP) is 3.91. The second-order valence-electron chi connectivity index (χ2n) is 8.30. The van der Waals surface area contributed by atoms with Gasteiger partial charge >= 0.3 is 6.03 Å². The van der Waals surface area contributed by atoms with E-state index in [9.17, 15) is 9.59 Å². The van der Waals surface area contributed by atoms with E-state index in [1.807, 2.05) is 41.5 Å². The molecular weight excluding hydrogens is 372 g/mol. The number of carbonyl (C=O) groups is 2. The number of piperidine rings is 1. The van der Waals surface area contributed by atoms with Crippen LogP contribution in [0.15, 0.2) is 29.6 Å². The van der Waals surface area contributed by atoms with Crippen LogP contribution in [0, 0.1) is 12.3 Å². The number of aryl methyl sites for hydroxylation is 1. The van der Waals surface area contributed by atoms with Crippen LogP contribution in [-0.4, -0.2) is 55.0 Å². The number of nitrogens with one attached hydrogen (secondary N) is 1. The van der Waals surface area contributed by atoms with Crippen molar-refractivity contribution in [3.8, 4) is 0 Å². The molecule has 6 nitrogen and oxygen atoms in total. The molecule has 2 saturated heterocycles. The number of thiophene rings is 1. The first-order valence-corrected chi connectivity index (χ1v) is 10.6. The molecule has 0 bridgehead atoms. The number of para-hydroxylation sites is 2. The summed E-state index contributed by atoms with van der Waals surface area (Å²) < 4.78 is 0. The minimum absolute atomic E-state index is 0.0312. The van der Waals surface area contributed by atoms with Crippen molar-refractivity contribution in [2.45, 2.75) is 19.8 Å². The van der Waals surface area contributed by atoms with E-state index in [1.165, 1.54) is 11.3 Å². The fourth-order valence-corrected chi connectivity index (χ4v) is 5.45. The average molecular weight is 397 g/mol. The third kappa shape index (κ3) is 2.64. The van der Waals surface area contributed by atoms with Gasteiger partial charge in [0.25, 0.3) is 5.91 Å². The molecule has 2 fully saturated rings. The summed E-state index contributed by atoms with van der Waals surface area (Å²) in [4.78, 5) is 33.4. The summed E-state index contributed by atoms with van der Waals surface area (Å²) in [7, 11) is 2.16. The predicted molar refractivity (Wildman–Crippen MR) is 112 cm³/mol. The summed E-state index contributed by atoms with van der Waals surface area (Å²) in [5, 5.41) is 4.81. The van der Waals surface area contributed by atoms with Crippen molar-refractivity contribution in [1.29, 1.82) is 0 Å². The highest BCUT2D eigenvalue weighted by Gasteiger charge is 2.48. The number of fused-ring (bicyclic) bond motifs is 2. The van der Waals surface area contributed by atoms with E-state index >= 15 is 0 Å². The van der Waals surface area contributed by atoms with Gasteiger partial charge in [0.2, 0.25) is 0 Å². The Morgan fingerprint density at radius 2 is 1.89 bits per heavy atom. The van der Waals surface area contributed by atoms with Gasteiger partial charge in [-0.25, -0.2) is 4.79 Å². The second kappa shape index (κ2) is 6.32. The average Bonchev–Trinajstić information content (AvgIpc) is 2.98. The van der Waals surface area contributed by atoms with Crippen molar-refractivity contribution in [1.82, 2.24) is 9.80 Å². The van der Waals surface area contributed by atoms with Crippen LogP contribution in [0.4, 0.5) is 21.9 Å². The van der Waals surface area contributed by atoms with Crippen LogP contribution in [0.5, 0.6) is 0 Å². The number of benzene rings is 1. The van der Waals surface area contributed by atoms with Crippen molar-refractivity contribution >= 4 is 40.3 Å². The van der Waals surface area contributed by atoms with E-state index in [4.69, 9.17) is 0 Å². The number of urea groups is 1. The number of nitrogens with zero attached hydrogens (tertiary/aromatic N) is 3. The maximum absolute atomic E-state index is 13.6. The summed E-state index contributed by atoms with van der Waals surface area (Å²) in [5.41, 5.74) is 2.98. The molecule has 0 aliphatic carbocycles. The maximum Gasteiger partial charge on any atom is 0.329 e. The van der Waals surface area contributed by atoms with E-state index < -0.39 is 0 Å². The van der Waals surface area contributed by atoms with Crippen LogP contribution in [0.2, 0.25) is 0 Å². The molecule has 7 heteroatoms. The zero-order valence-corrected chi connectivity index (χ0v) is 17.0. The summed E-state index contributed by atoms with van der Waals surface area (Å²) in [6, 6.07) is 7.52. The molecular formula is C21H24N4O2S. The molecule has 0 unspecified atom stereocenters. The van der Waals surface area contributed by atoms with Gasteiger partial charge in [-0.1, -0.05) is 12.1 Å². The lowest BCUT2D eigenvalue weighted by atomic mass is 9.72. The van der Waals surface area contributed by atoms with Gasteiger partial charge in [-0.2, -0.15) is 0 Å². The zero-order valence-electron chi connectivity index (χ0n) is 16.2. The maximum atomic E-state index is 13.6. The fraction of sp³-hybridized carbons (Fsp3) is 0.429. The van der Waals surface area contributed by atoms with Crippen molar-refractivity contribution in [3.05, 3.63) is 40.1 Å². The Kier molecular flexibility index (Phi) is 4.00. The number of hydrogen-bond acceptors (Lipinski definition) is 4. The molecule has 3 amide bonds. The molecule has 4 heterocycles. The summed E-state index contributed by atoms with van der Waals surface area (Å²) in [6.07, 6.45) is 2.29. The van der Waals surface area contributed by atoms with Gasteiger partial charge in [-0.15, -0.1) is 11.3 Å². The van der Waals surface area contributed by atoms with E-state index in [0.717, 1.165) is 55.3 Å². The summed E-state index contributed by atoms with van der Waals surface area (Å²) in [6.45, 7) is 5.78. The number of likely N-dealkylation sites (tertiary alicyclic amines) is 2. The van der Waals surface area contributed by atoms with Crippen LogP contribution in [0.25, 0.3) is 0 Å². The minimum atomic E-state index is -0.155. The van der Waals surface area contributed by atoms with Crippen molar-refractivity contribution in [3.63, 3.8) is 0 Å². The Balaban J connectivity index is 1.49. The molecule has 3 aliphatic rings. The minimum Gasteiger partial charge on any atom is -0.323 e. The first-order chi connectivity index (χ1) is 13.5. The molecule has 1 aromatic heterocycles. The van der Waals surface area contributed by atoms with Crippen LogP contribution in [-0.2, 0) is 0 Å². The van der Waals surface area contributed by atoms with Crippen LogP contribution >= 0.6 is 11.3 Å². The molecule has 1 aromatic carbocycles. The Morgan fingerprint density at radius 3 is 2.64 bits per heavy atom. The first-order valence-electron chi connectivity index (χ1n) is 9.73. The quantitative estimate of drug-likeness (QED) is 0.735. The molecule has 5 rings (SSSR count). The van der Waals surface area contributed by atoms with Gasteiger partial charge < -0.3 is 15.1 Å².